The van der Waals surface area contributed by atoms with Crippen LogP contribution < -0.4 is 10.6 Å². The van der Waals surface area contributed by atoms with E-state index in [0.717, 1.165) is 5.56 Å². The quantitative estimate of drug-likeness (QED) is 0.254. The second kappa shape index (κ2) is 13.4. The molecule has 2 amide bonds. The van der Waals surface area contributed by atoms with Gasteiger partial charge in [0.05, 0.1) is 18.6 Å². The van der Waals surface area contributed by atoms with Gasteiger partial charge in [-0.3, -0.25) is 14.4 Å². The molecule has 5 atom stereocenters. The smallest absolute Gasteiger partial charge is 0.309 e. The number of allylic oxidation sites excluding steroid dienone is 2. The van der Waals surface area contributed by atoms with Crippen LogP contribution in [-0.2, 0) is 19.1 Å². The first-order chi connectivity index (χ1) is 14.7. The molecule has 31 heavy (non-hydrogen) atoms. The zero-order valence-electron chi connectivity index (χ0n) is 18.5. The first-order valence-corrected chi connectivity index (χ1v) is 10.4. The van der Waals surface area contributed by atoms with Crippen molar-refractivity contribution >= 4 is 17.8 Å². The fourth-order valence-electron chi connectivity index (χ4n) is 2.98. The number of aliphatic hydroxyl groups excluding tert-OH is 1. The predicted molar refractivity (Wildman–Crippen MR) is 120 cm³/mol. The maximum absolute atomic E-state index is 12.9. The summed E-state index contributed by atoms with van der Waals surface area (Å²) in [6.07, 6.45) is 3.03. The minimum Gasteiger partial charge on any atom is -0.455 e. The van der Waals surface area contributed by atoms with Gasteiger partial charge in [-0.1, -0.05) is 49.4 Å². The van der Waals surface area contributed by atoms with Gasteiger partial charge in [-0.05, 0) is 32.3 Å². The van der Waals surface area contributed by atoms with E-state index in [2.05, 4.69) is 23.8 Å². The lowest BCUT2D eigenvalue weighted by atomic mass is 9.99. The topological polar surface area (TPSA) is 105 Å². The van der Waals surface area contributed by atoms with Crippen LogP contribution in [-0.4, -0.2) is 41.6 Å². The maximum Gasteiger partial charge on any atom is 0.309 e. The molecule has 1 aromatic carbocycles. The number of hydrogen-bond acceptors (Lipinski definition) is 5. The predicted octanol–water partition coefficient (Wildman–Crippen LogP) is 2.68. The summed E-state index contributed by atoms with van der Waals surface area (Å²) < 4.78 is 5.74. The molecule has 0 saturated heterocycles. The van der Waals surface area contributed by atoms with Crippen LogP contribution in [0, 0.1) is 11.8 Å². The number of nitrogens with one attached hydrogen (secondary N) is 2. The molecule has 0 saturated carbocycles. The summed E-state index contributed by atoms with van der Waals surface area (Å²) in [5.41, 5.74) is 0.730. The third-order valence-corrected chi connectivity index (χ3v) is 4.82. The van der Waals surface area contributed by atoms with Gasteiger partial charge >= 0.3 is 5.97 Å². The van der Waals surface area contributed by atoms with E-state index in [1.54, 1.807) is 26.8 Å². The average Bonchev–Trinajstić information content (AvgIpc) is 2.75. The minimum absolute atomic E-state index is 0.134. The number of hydrogen-bond donors (Lipinski definition) is 3. The lowest BCUT2D eigenvalue weighted by Gasteiger charge is -2.28. The van der Waals surface area contributed by atoms with Gasteiger partial charge in [0, 0.05) is 6.04 Å². The van der Waals surface area contributed by atoms with Gasteiger partial charge in [0.2, 0.25) is 11.8 Å². The van der Waals surface area contributed by atoms with E-state index in [4.69, 9.17) is 9.84 Å². The van der Waals surface area contributed by atoms with Crippen LogP contribution in [0.2, 0.25) is 0 Å². The van der Waals surface area contributed by atoms with E-state index in [1.165, 1.54) is 6.08 Å². The Labute approximate surface area is 184 Å². The third-order valence-electron chi connectivity index (χ3n) is 4.82. The molecule has 0 aliphatic rings. The van der Waals surface area contributed by atoms with Crippen molar-refractivity contribution in [2.45, 2.75) is 51.8 Å². The molecule has 0 heterocycles. The summed E-state index contributed by atoms with van der Waals surface area (Å²) in [7, 11) is 0. The fourth-order valence-corrected chi connectivity index (χ4v) is 2.98. The van der Waals surface area contributed by atoms with Gasteiger partial charge in [-0.25, -0.2) is 0 Å². The highest BCUT2D eigenvalue weighted by atomic mass is 16.5. The zero-order valence-corrected chi connectivity index (χ0v) is 18.5. The van der Waals surface area contributed by atoms with Crippen molar-refractivity contribution in [3.05, 3.63) is 61.2 Å². The molecule has 1 aromatic rings. The first-order valence-electron chi connectivity index (χ1n) is 10.4. The molecule has 0 radical (unpaired) electrons. The number of esters is 1. The average molecular weight is 431 g/mol. The molecule has 1 rings (SSSR count). The SMILES string of the molecule is C=CCC(C(=O)N[C@@H](C)CO)C(=O)N[C@H](C)[C@@H](OC(=O)[C@@H](C)CC=C)c1ccccc1. The molecule has 7 nitrogen and oxygen atoms in total. The summed E-state index contributed by atoms with van der Waals surface area (Å²) in [6, 6.07) is 8.05. The Bertz CT molecular complexity index is 750. The molecule has 1 unspecified atom stereocenters. The normalized spacial score (nSPS) is 15.5. The van der Waals surface area contributed by atoms with Crippen LogP contribution >= 0.6 is 0 Å². The second-order valence-electron chi connectivity index (χ2n) is 7.66. The summed E-state index contributed by atoms with van der Waals surface area (Å²) in [5, 5.41) is 14.6. The summed E-state index contributed by atoms with van der Waals surface area (Å²) in [5.74, 6) is -2.79. The Morgan fingerprint density at radius 1 is 1.00 bits per heavy atom. The van der Waals surface area contributed by atoms with Crippen LogP contribution in [0.15, 0.2) is 55.6 Å². The Morgan fingerprint density at radius 3 is 2.13 bits per heavy atom. The molecular formula is C24H34N2O5. The Hall–Kier alpha value is -2.93. The van der Waals surface area contributed by atoms with Gasteiger partial charge in [0.25, 0.3) is 0 Å². The number of aliphatic hydroxyl groups is 1. The largest absolute Gasteiger partial charge is 0.455 e. The van der Waals surface area contributed by atoms with Crippen LogP contribution in [0.1, 0.15) is 45.3 Å². The highest BCUT2D eigenvalue weighted by Crippen LogP contribution is 2.24. The monoisotopic (exact) mass is 430 g/mol. The number of carbonyl (C=O) groups is 3. The van der Waals surface area contributed by atoms with E-state index in [9.17, 15) is 14.4 Å². The zero-order chi connectivity index (χ0) is 23.4. The molecule has 3 N–H and O–H groups in total. The number of benzene rings is 1. The van der Waals surface area contributed by atoms with Crippen molar-refractivity contribution in [1.29, 1.82) is 0 Å². The minimum atomic E-state index is -1.01. The number of amides is 2. The van der Waals surface area contributed by atoms with Crippen molar-refractivity contribution < 1.29 is 24.2 Å². The van der Waals surface area contributed by atoms with Gasteiger partial charge < -0.3 is 20.5 Å². The van der Waals surface area contributed by atoms with Crippen molar-refractivity contribution in [2.24, 2.45) is 11.8 Å². The van der Waals surface area contributed by atoms with E-state index in [1.807, 2.05) is 30.3 Å². The highest BCUT2D eigenvalue weighted by Gasteiger charge is 2.31. The molecule has 0 fully saturated rings. The second-order valence-corrected chi connectivity index (χ2v) is 7.66. The number of ether oxygens (including phenoxy) is 1. The Balaban J connectivity index is 3.01. The third kappa shape index (κ3) is 8.38. The molecule has 0 aliphatic carbocycles. The fraction of sp³-hybridized carbons (Fsp3) is 0.458. The van der Waals surface area contributed by atoms with Crippen LogP contribution in [0.4, 0.5) is 0 Å². The summed E-state index contributed by atoms with van der Waals surface area (Å²) in [6.45, 7) is 12.1. The Kier molecular flexibility index (Phi) is 11.3. The number of carbonyl (C=O) groups excluding carboxylic acids is 3. The summed E-state index contributed by atoms with van der Waals surface area (Å²) in [4.78, 5) is 37.9. The highest BCUT2D eigenvalue weighted by molar-refractivity contribution is 6.00. The molecule has 0 aromatic heterocycles. The molecule has 170 valence electrons. The molecule has 0 aliphatic heterocycles. The number of rotatable bonds is 13. The van der Waals surface area contributed by atoms with Gasteiger partial charge in [-0.15, -0.1) is 13.2 Å². The lowest BCUT2D eigenvalue weighted by molar-refractivity contribution is -0.156. The van der Waals surface area contributed by atoms with Crippen LogP contribution in [0.3, 0.4) is 0 Å². The molecule has 7 heteroatoms. The standard InChI is InChI=1S/C24H34N2O5/c1-6-11-16(3)24(30)31-21(19-13-9-8-10-14-19)18(5)26-23(29)20(12-7-2)22(28)25-17(4)15-27/h6-10,13-14,16-18,20-21,27H,1-2,11-12,15H2,3-5H3,(H,25,28)(H,26,29)/t16-,17-,18+,20?,21+/m0/s1. The van der Waals surface area contributed by atoms with Gasteiger partial charge in [0.15, 0.2) is 0 Å². The first kappa shape index (κ1) is 26.1. The van der Waals surface area contributed by atoms with Crippen molar-refractivity contribution in [2.75, 3.05) is 6.61 Å². The van der Waals surface area contributed by atoms with Crippen molar-refractivity contribution in [1.82, 2.24) is 10.6 Å². The van der Waals surface area contributed by atoms with E-state index in [0.29, 0.717) is 6.42 Å². The van der Waals surface area contributed by atoms with Crippen molar-refractivity contribution in [3.8, 4) is 0 Å². The maximum atomic E-state index is 12.9. The molecule has 0 bridgehead atoms. The van der Waals surface area contributed by atoms with Crippen molar-refractivity contribution in [3.63, 3.8) is 0 Å². The lowest BCUT2D eigenvalue weighted by Crippen LogP contribution is -2.48. The van der Waals surface area contributed by atoms with Crippen LogP contribution in [0.5, 0.6) is 0 Å². The van der Waals surface area contributed by atoms with E-state index < -0.39 is 41.9 Å². The van der Waals surface area contributed by atoms with Crippen LogP contribution in [0.25, 0.3) is 0 Å². The molecule has 0 spiro atoms. The van der Waals surface area contributed by atoms with Gasteiger partial charge in [0.1, 0.15) is 12.0 Å². The molecular weight excluding hydrogens is 396 g/mol. The Morgan fingerprint density at radius 2 is 1.58 bits per heavy atom. The van der Waals surface area contributed by atoms with E-state index in [-0.39, 0.29) is 18.9 Å². The summed E-state index contributed by atoms with van der Waals surface area (Å²) >= 11 is 0. The van der Waals surface area contributed by atoms with Gasteiger partial charge in [-0.2, -0.15) is 0 Å². The van der Waals surface area contributed by atoms with E-state index >= 15 is 0 Å².